The van der Waals surface area contributed by atoms with E-state index in [-0.39, 0.29) is 18.4 Å². The molecule has 0 aliphatic carbocycles. The van der Waals surface area contributed by atoms with Gasteiger partial charge in [0.1, 0.15) is 5.82 Å². The Labute approximate surface area is 118 Å². The van der Waals surface area contributed by atoms with Crippen LogP contribution in [0.4, 0.5) is 4.39 Å². The second kappa shape index (κ2) is 7.58. The van der Waals surface area contributed by atoms with Crippen molar-refractivity contribution in [2.24, 2.45) is 0 Å². The third kappa shape index (κ3) is 3.85. The summed E-state index contributed by atoms with van der Waals surface area (Å²) in [6, 6.07) is 5.26. The molecule has 0 amide bonds. The molecule has 4 heteroatoms. The van der Waals surface area contributed by atoms with Crippen LogP contribution >= 0.6 is 15.9 Å². The standard InChI is InChI=1S/C12H12BBrFN.C2H6/c14-10-1-2-11(12(15)7-10)9-3-5-13(8-16)6-4-9;1-2/h1-2,7,9H,3-6H2;1-2H3. The van der Waals surface area contributed by atoms with Crippen LogP contribution in [-0.2, 0) is 0 Å². The maximum absolute atomic E-state index is 13.7. The molecular formula is C14H18BBrFN. The summed E-state index contributed by atoms with van der Waals surface area (Å²) >= 11 is 3.26. The molecule has 1 nitrogen and oxygen atoms in total. The molecule has 1 aliphatic heterocycles. The molecule has 18 heavy (non-hydrogen) atoms. The first-order valence-electron chi connectivity index (χ1n) is 6.55. The fraction of sp³-hybridized carbons (Fsp3) is 0.500. The molecule has 2 rings (SSSR count). The van der Waals surface area contributed by atoms with Gasteiger partial charge in [-0.05, 0) is 23.6 Å². The Hall–Kier alpha value is -0.815. The number of rotatable bonds is 1. The van der Waals surface area contributed by atoms with Crippen molar-refractivity contribution in [2.75, 3.05) is 0 Å². The molecule has 0 unspecified atom stereocenters. The van der Waals surface area contributed by atoms with E-state index in [1.807, 2.05) is 26.0 Å². The van der Waals surface area contributed by atoms with Crippen molar-refractivity contribution in [3.05, 3.63) is 34.1 Å². The Bertz CT molecular complexity index is 422. The Morgan fingerprint density at radius 1 is 1.33 bits per heavy atom. The Morgan fingerprint density at radius 3 is 2.44 bits per heavy atom. The number of halogens is 2. The molecule has 0 atom stereocenters. The van der Waals surface area contributed by atoms with E-state index in [1.54, 1.807) is 0 Å². The van der Waals surface area contributed by atoms with Crippen molar-refractivity contribution in [1.29, 1.82) is 5.26 Å². The molecule has 0 bridgehead atoms. The molecule has 0 saturated carbocycles. The zero-order valence-electron chi connectivity index (χ0n) is 10.9. The summed E-state index contributed by atoms with van der Waals surface area (Å²) in [6.07, 6.45) is 3.65. The van der Waals surface area contributed by atoms with Crippen molar-refractivity contribution in [2.45, 2.75) is 45.2 Å². The second-order valence-electron chi connectivity index (χ2n) is 4.34. The highest BCUT2D eigenvalue weighted by atomic mass is 79.9. The first kappa shape index (κ1) is 15.2. The van der Waals surface area contributed by atoms with Crippen LogP contribution in [0.5, 0.6) is 0 Å². The highest BCUT2D eigenvalue weighted by molar-refractivity contribution is 9.10. The number of nitrogens with zero attached hydrogens (tertiary/aromatic N) is 1. The normalized spacial score (nSPS) is 15.6. The average molecular weight is 310 g/mol. The largest absolute Gasteiger partial charge is 0.267 e. The molecule has 1 heterocycles. The molecule has 0 N–H and O–H groups in total. The van der Waals surface area contributed by atoms with E-state index < -0.39 is 0 Å². The molecule has 1 fully saturated rings. The van der Waals surface area contributed by atoms with E-state index in [4.69, 9.17) is 5.26 Å². The van der Waals surface area contributed by atoms with Crippen LogP contribution in [-0.4, -0.2) is 6.71 Å². The quantitative estimate of drug-likeness (QED) is 0.666. The third-order valence-corrected chi connectivity index (χ3v) is 3.81. The van der Waals surface area contributed by atoms with Crippen molar-refractivity contribution < 1.29 is 4.39 Å². The second-order valence-corrected chi connectivity index (χ2v) is 5.26. The summed E-state index contributed by atoms with van der Waals surface area (Å²) in [5.74, 6) is 2.46. The van der Waals surface area contributed by atoms with Gasteiger partial charge >= 0.3 is 0 Å². The minimum Gasteiger partial charge on any atom is -0.213 e. The highest BCUT2D eigenvalue weighted by Gasteiger charge is 2.26. The first-order valence-corrected chi connectivity index (χ1v) is 7.34. The number of benzene rings is 1. The van der Waals surface area contributed by atoms with Crippen molar-refractivity contribution in [3.8, 4) is 5.97 Å². The summed E-state index contributed by atoms with van der Waals surface area (Å²) < 4.78 is 14.5. The topological polar surface area (TPSA) is 23.8 Å². The summed E-state index contributed by atoms with van der Waals surface area (Å²) in [6.45, 7) is 4.18. The maximum Gasteiger partial charge on any atom is 0.267 e. The third-order valence-electron chi connectivity index (χ3n) is 3.31. The van der Waals surface area contributed by atoms with Gasteiger partial charge in [0.05, 0.1) is 0 Å². The van der Waals surface area contributed by atoms with Gasteiger partial charge in [-0.3, -0.25) is 0 Å². The number of hydrogen-bond donors (Lipinski definition) is 0. The van der Waals surface area contributed by atoms with Gasteiger partial charge in [0, 0.05) is 10.4 Å². The zero-order chi connectivity index (χ0) is 13.5. The molecule has 1 saturated heterocycles. The van der Waals surface area contributed by atoms with Gasteiger partial charge in [-0.15, -0.1) is 0 Å². The van der Waals surface area contributed by atoms with Gasteiger partial charge in [0.15, 0.2) is 0 Å². The Kier molecular flexibility index (Phi) is 6.42. The predicted molar refractivity (Wildman–Crippen MR) is 78.4 cm³/mol. The van der Waals surface area contributed by atoms with Gasteiger partial charge in [-0.25, -0.2) is 9.65 Å². The average Bonchev–Trinajstić information content (AvgIpc) is 2.41. The lowest BCUT2D eigenvalue weighted by Crippen LogP contribution is -2.19. The fourth-order valence-corrected chi connectivity index (χ4v) is 2.70. The van der Waals surface area contributed by atoms with Gasteiger partial charge < -0.3 is 0 Å². The summed E-state index contributed by atoms with van der Waals surface area (Å²) in [5, 5.41) is 8.81. The van der Waals surface area contributed by atoms with Gasteiger partial charge in [-0.1, -0.05) is 61.3 Å². The summed E-state index contributed by atoms with van der Waals surface area (Å²) in [7, 11) is 0. The predicted octanol–water partition coefficient (Wildman–Crippen LogP) is 5.05. The number of hydrogen-bond acceptors (Lipinski definition) is 1. The SMILES string of the molecule is CC.N#CB1CCC(c2ccc(Br)cc2F)CC1. The fourth-order valence-electron chi connectivity index (χ4n) is 2.37. The van der Waals surface area contributed by atoms with Crippen LogP contribution in [0.15, 0.2) is 22.7 Å². The van der Waals surface area contributed by atoms with E-state index in [2.05, 4.69) is 21.9 Å². The van der Waals surface area contributed by atoms with E-state index in [1.165, 1.54) is 6.07 Å². The van der Waals surface area contributed by atoms with Crippen LogP contribution in [0.1, 0.15) is 38.2 Å². The zero-order valence-corrected chi connectivity index (χ0v) is 12.5. The smallest absolute Gasteiger partial charge is 0.213 e. The van der Waals surface area contributed by atoms with Crippen LogP contribution in [0.25, 0.3) is 0 Å². The van der Waals surface area contributed by atoms with Crippen LogP contribution in [0.3, 0.4) is 0 Å². The molecule has 0 aromatic heterocycles. The lowest BCUT2D eigenvalue weighted by molar-refractivity contribution is 0.545. The Balaban J connectivity index is 0.000000771. The molecule has 1 aromatic rings. The monoisotopic (exact) mass is 309 g/mol. The molecular weight excluding hydrogens is 292 g/mol. The van der Waals surface area contributed by atoms with E-state index in [0.717, 1.165) is 35.5 Å². The lowest BCUT2D eigenvalue weighted by Gasteiger charge is -2.23. The summed E-state index contributed by atoms with van der Waals surface area (Å²) in [4.78, 5) is 0. The molecule has 0 radical (unpaired) electrons. The maximum atomic E-state index is 13.7. The van der Waals surface area contributed by atoms with Gasteiger partial charge in [-0.2, -0.15) is 0 Å². The molecule has 0 spiro atoms. The molecule has 1 aromatic carbocycles. The van der Waals surface area contributed by atoms with Crippen LogP contribution < -0.4 is 0 Å². The van der Waals surface area contributed by atoms with E-state index in [9.17, 15) is 4.39 Å². The Morgan fingerprint density at radius 2 is 1.94 bits per heavy atom. The summed E-state index contributed by atoms with van der Waals surface area (Å²) in [5.41, 5.74) is 0.805. The lowest BCUT2D eigenvalue weighted by atomic mass is 9.41. The van der Waals surface area contributed by atoms with E-state index >= 15 is 0 Å². The van der Waals surface area contributed by atoms with Crippen molar-refractivity contribution in [3.63, 3.8) is 0 Å². The molecule has 96 valence electrons. The van der Waals surface area contributed by atoms with Gasteiger partial charge in [0.25, 0.3) is 6.71 Å². The van der Waals surface area contributed by atoms with Crippen LogP contribution in [0, 0.1) is 17.0 Å². The van der Waals surface area contributed by atoms with E-state index in [0.29, 0.717) is 0 Å². The van der Waals surface area contributed by atoms with Crippen molar-refractivity contribution >= 4 is 22.6 Å². The van der Waals surface area contributed by atoms with Gasteiger partial charge in [0.2, 0.25) is 0 Å². The minimum absolute atomic E-state index is 0.130. The van der Waals surface area contributed by atoms with Crippen molar-refractivity contribution in [1.82, 2.24) is 0 Å². The van der Waals surface area contributed by atoms with Crippen LogP contribution in [0.2, 0.25) is 12.6 Å². The first-order chi connectivity index (χ1) is 8.70. The minimum atomic E-state index is -0.130. The number of nitriles is 1. The highest BCUT2D eigenvalue weighted by Crippen LogP contribution is 2.35. The molecule has 1 aliphatic rings.